The van der Waals surface area contributed by atoms with E-state index >= 15 is 0 Å². The molecule has 9 heteroatoms. The summed E-state index contributed by atoms with van der Waals surface area (Å²) in [6.07, 6.45) is 0. The van der Waals surface area contributed by atoms with E-state index in [2.05, 4.69) is 21.6 Å². The maximum atomic E-state index is 12.4. The van der Waals surface area contributed by atoms with Crippen molar-refractivity contribution in [2.24, 2.45) is 0 Å². The largest absolute Gasteiger partial charge is 0.304 e. The molecule has 1 aliphatic rings. The van der Waals surface area contributed by atoms with Crippen molar-refractivity contribution in [3.63, 3.8) is 0 Å². The second-order valence-electron chi connectivity index (χ2n) is 6.63. The summed E-state index contributed by atoms with van der Waals surface area (Å²) in [7, 11) is -1.68. The third-order valence-electron chi connectivity index (χ3n) is 4.57. The normalized spacial score (nSPS) is 16.2. The molecule has 2 aromatic carbocycles. The minimum absolute atomic E-state index is 0.0189. The fourth-order valence-electron chi connectivity index (χ4n) is 2.90. The predicted molar refractivity (Wildman–Crippen MR) is 103 cm³/mol. The lowest BCUT2D eigenvalue weighted by Crippen LogP contribution is -2.43. The molecule has 8 nitrogen and oxygen atoms in total. The highest BCUT2D eigenvalue weighted by molar-refractivity contribution is 7.92. The summed E-state index contributed by atoms with van der Waals surface area (Å²) in [6, 6.07) is 12.1. The average Bonchev–Trinajstić information content (AvgIpc) is 2.65. The Balaban J connectivity index is 1.63. The molecule has 0 radical (unpaired) electrons. The quantitative estimate of drug-likeness (QED) is 0.600. The number of piperazine rings is 1. The summed E-state index contributed by atoms with van der Waals surface area (Å²) in [5.41, 5.74) is 1.43. The van der Waals surface area contributed by atoms with E-state index in [1.807, 2.05) is 12.1 Å². The van der Waals surface area contributed by atoms with Gasteiger partial charge in [-0.25, -0.2) is 8.42 Å². The van der Waals surface area contributed by atoms with Gasteiger partial charge < -0.3 is 4.90 Å². The molecule has 0 spiro atoms. The highest BCUT2D eigenvalue weighted by Gasteiger charge is 2.17. The summed E-state index contributed by atoms with van der Waals surface area (Å²) in [5, 5.41) is 10.7. The molecule has 0 saturated carbocycles. The zero-order valence-corrected chi connectivity index (χ0v) is 15.9. The summed E-state index contributed by atoms with van der Waals surface area (Å²) < 4.78 is 27.3. The monoisotopic (exact) mass is 390 g/mol. The number of benzene rings is 2. The fraction of sp³-hybridized carbons (Fsp3) is 0.333. The maximum Gasteiger partial charge on any atom is 0.269 e. The third kappa shape index (κ3) is 5.03. The van der Waals surface area contributed by atoms with Gasteiger partial charge in [0, 0.05) is 50.5 Å². The van der Waals surface area contributed by atoms with Crippen LogP contribution in [-0.4, -0.2) is 56.4 Å². The summed E-state index contributed by atoms with van der Waals surface area (Å²) in [5.74, 6) is 0. The number of nitro groups is 1. The maximum absolute atomic E-state index is 12.4. The number of non-ortho nitro benzene ring substituents is 1. The first kappa shape index (κ1) is 19.3. The Morgan fingerprint density at radius 3 is 2.15 bits per heavy atom. The first-order valence-corrected chi connectivity index (χ1v) is 10.1. The smallest absolute Gasteiger partial charge is 0.269 e. The molecule has 1 heterocycles. The van der Waals surface area contributed by atoms with Crippen LogP contribution in [0.2, 0.25) is 0 Å². The molecule has 2 aromatic rings. The van der Waals surface area contributed by atoms with E-state index in [-0.39, 0.29) is 10.6 Å². The van der Waals surface area contributed by atoms with Gasteiger partial charge in [0.2, 0.25) is 0 Å². The van der Waals surface area contributed by atoms with Crippen molar-refractivity contribution in [1.29, 1.82) is 0 Å². The van der Waals surface area contributed by atoms with Gasteiger partial charge in [0.1, 0.15) is 0 Å². The number of hydrogen-bond acceptors (Lipinski definition) is 6. The first-order valence-electron chi connectivity index (χ1n) is 8.60. The lowest BCUT2D eigenvalue weighted by Gasteiger charge is -2.32. The third-order valence-corrected chi connectivity index (χ3v) is 5.96. The molecule has 0 aliphatic carbocycles. The van der Waals surface area contributed by atoms with Gasteiger partial charge >= 0.3 is 0 Å². The molecule has 0 bridgehead atoms. The Morgan fingerprint density at radius 2 is 1.59 bits per heavy atom. The van der Waals surface area contributed by atoms with Crippen molar-refractivity contribution >= 4 is 21.4 Å². The van der Waals surface area contributed by atoms with Crippen LogP contribution in [0.1, 0.15) is 5.56 Å². The number of hydrogen-bond donors (Lipinski definition) is 1. The van der Waals surface area contributed by atoms with Crippen LogP contribution >= 0.6 is 0 Å². The van der Waals surface area contributed by atoms with E-state index in [0.717, 1.165) is 38.3 Å². The summed E-state index contributed by atoms with van der Waals surface area (Å²) in [6.45, 7) is 4.97. The molecule has 144 valence electrons. The molecule has 27 heavy (non-hydrogen) atoms. The van der Waals surface area contributed by atoms with Crippen molar-refractivity contribution in [2.75, 3.05) is 37.9 Å². The van der Waals surface area contributed by atoms with Crippen molar-refractivity contribution in [1.82, 2.24) is 9.80 Å². The molecule has 0 amide bonds. The number of rotatable bonds is 6. The van der Waals surface area contributed by atoms with Crippen molar-refractivity contribution in [3.8, 4) is 0 Å². The molecule has 1 N–H and O–H groups in total. The van der Waals surface area contributed by atoms with E-state index in [4.69, 9.17) is 0 Å². The number of nitrogens with zero attached hydrogens (tertiary/aromatic N) is 3. The van der Waals surface area contributed by atoms with E-state index in [9.17, 15) is 18.5 Å². The number of sulfonamides is 1. The Bertz CT molecular complexity index is 890. The van der Waals surface area contributed by atoms with Gasteiger partial charge in [-0.1, -0.05) is 12.1 Å². The van der Waals surface area contributed by atoms with Crippen molar-refractivity contribution < 1.29 is 13.3 Å². The predicted octanol–water partition coefficient (Wildman–Crippen LogP) is 2.14. The molecule has 1 saturated heterocycles. The number of likely N-dealkylation sites (N-methyl/N-ethyl adjacent to an activating group) is 1. The van der Waals surface area contributed by atoms with Crippen LogP contribution in [0.15, 0.2) is 53.4 Å². The van der Waals surface area contributed by atoms with Crippen molar-refractivity contribution in [2.45, 2.75) is 11.4 Å². The highest BCUT2D eigenvalue weighted by atomic mass is 32.2. The second kappa shape index (κ2) is 8.03. The topological polar surface area (TPSA) is 95.8 Å². The van der Waals surface area contributed by atoms with Gasteiger partial charge in [0.15, 0.2) is 0 Å². The van der Waals surface area contributed by atoms with Gasteiger partial charge in [-0.05, 0) is 36.9 Å². The molecule has 0 atom stereocenters. The van der Waals surface area contributed by atoms with E-state index in [0.29, 0.717) is 5.69 Å². The van der Waals surface area contributed by atoms with Gasteiger partial charge in [-0.2, -0.15) is 0 Å². The average molecular weight is 390 g/mol. The summed E-state index contributed by atoms with van der Waals surface area (Å²) >= 11 is 0. The lowest BCUT2D eigenvalue weighted by molar-refractivity contribution is -0.384. The van der Waals surface area contributed by atoms with E-state index < -0.39 is 14.9 Å². The number of nitro benzene ring substituents is 1. The first-order chi connectivity index (χ1) is 12.8. The molecule has 0 aromatic heterocycles. The molecule has 3 rings (SSSR count). The number of nitrogens with one attached hydrogen (secondary N) is 1. The van der Waals surface area contributed by atoms with Crippen LogP contribution in [-0.2, 0) is 16.6 Å². The zero-order valence-electron chi connectivity index (χ0n) is 15.0. The van der Waals surface area contributed by atoms with Crippen LogP contribution in [0.5, 0.6) is 0 Å². The minimum atomic E-state index is -3.79. The Hall–Kier alpha value is -2.49. The molecule has 1 aliphatic heterocycles. The molecular weight excluding hydrogens is 368 g/mol. The lowest BCUT2D eigenvalue weighted by atomic mass is 10.2. The highest BCUT2D eigenvalue weighted by Crippen LogP contribution is 2.20. The number of anilines is 1. The Morgan fingerprint density at radius 1 is 1.00 bits per heavy atom. The van der Waals surface area contributed by atoms with Crippen LogP contribution < -0.4 is 4.72 Å². The van der Waals surface area contributed by atoms with Crippen LogP contribution in [0.3, 0.4) is 0 Å². The second-order valence-corrected chi connectivity index (χ2v) is 8.32. The van der Waals surface area contributed by atoms with Crippen molar-refractivity contribution in [3.05, 3.63) is 64.2 Å². The van der Waals surface area contributed by atoms with Crippen LogP contribution in [0, 0.1) is 10.1 Å². The minimum Gasteiger partial charge on any atom is -0.304 e. The van der Waals surface area contributed by atoms with Gasteiger partial charge in [-0.15, -0.1) is 0 Å². The Kier molecular flexibility index (Phi) is 5.73. The van der Waals surface area contributed by atoms with Gasteiger partial charge in [-0.3, -0.25) is 19.7 Å². The van der Waals surface area contributed by atoms with E-state index in [1.165, 1.54) is 24.3 Å². The molecular formula is C18H22N4O4S. The van der Waals surface area contributed by atoms with Gasteiger partial charge in [0.25, 0.3) is 15.7 Å². The van der Waals surface area contributed by atoms with Crippen LogP contribution in [0.25, 0.3) is 0 Å². The van der Waals surface area contributed by atoms with E-state index in [1.54, 1.807) is 12.1 Å². The van der Waals surface area contributed by atoms with Gasteiger partial charge in [0.05, 0.1) is 9.82 Å². The zero-order chi connectivity index (χ0) is 19.4. The Labute approximate surface area is 158 Å². The molecule has 0 unspecified atom stereocenters. The van der Waals surface area contributed by atoms with Crippen LogP contribution in [0.4, 0.5) is 11.4 Å². The SMILES string of the molecule is CN1CCN(Cc2ccc(NS(=O)(=O)c3ccc([N+](=O)[O-])cc3)cc2)CC1. The standard InChI is InChI=1S/C18H22N4O4S/c1-20-10-12-21(13-11-20)14-15-2-4-16(5-3-15)19-27(25,26)18-8-6-17(7-9-18)22(23)24/h2-9,19H,10-14H2,1H3. The fourth-order valence-corrected chi connectivity index (χ4v) is 3.96. The molecule has 1 fully saturated rings. The summed E-state index contributed by atoms with van der Waals surface area (Å²) in [4.78, 5) is 14.8.